The summed E-state index contributed by atoms with van der Waals surface area (Å²) in [7, 11) is -3.57. The van der Waals surface area contributed by atoms with E-state index in [0.29, 0.717) is 19.0 Å². The molecule has 3 N–H and O–H groups in total. The first-order valence-corrected chi connectivity index (χ1v) is 9.15. The Morgan fingerprint density at radius 1 is 1.43 bits per heavy atom. The van der Waals surface area contributed by atoms with Crippen LogP contribution < -0.4 is 5.73 Å². The SMILES string of the molecule is CCC1CCC(CN)(N(CC)S(=O)(=O)c2cnc[nH]2)CC1. The highest BCUT2D eigenvalue weighted by atomic mass is 32.2. The summed E-state index contributed by atoms with van der Waals surface area (Å²) in [6.07, 6.45) is 7.67. The Hall–Kier alpha value is -0.920. The van der Waals surface area contributed by atoms with Crippen molar-refractivity contribution in [1.29, 1.82) is 0 Å². The minimum atomic E-state index is -3.57. The molecule has 1 heterocycles. The molecule has 0 bridgehead atoms. The monoisotopic (exact) mass is 314 g/mol. The van der Waals surface area contributed by atoms with Gasteiger partial charge in [-0.2, -0.15) is 4.31 Å². The van der Waals surface area contributed by atoms with Crippen molar-refractivity contribution in [2.24, 2.45) is 11.7 Å². The van der Waals surface area contributed by atoms with Crippen LogP contribution in [0.15, 0.2) is 17.6 Å². The summed E-state index contributed by atoms with van der Waals surface area (Å²) in [6, 6.07) is 0. The van der Waals surface area contributed by atoms with Crippen LogP contribution in [0.4, 0.5) is 0 Å². The number of nitrogens with zero attached hydrogens (tertiary/aromatic N) is 2. The molecule has 0 atom stereocenters. The number of sulfonamides is 1. The van der Waals surface area contributed by atoms with Crippen LogP contribution in [0.1, 0.15) is 46.0 Å². The van der Waals surface area contributed by atoms with Crippen molar-refractivity contribution in [3.8, 4) is 0 Å². The number of hydrogen-bond donors (Lipinski definition) is 2. The molecule has 1 saturated carbocycles. The van der Waals surface area contributed by atoms with Crippen LogP contribution in [0.25, 0.3) is 0 Å². The molecular weight excluding hydrogens is 288 g/mol. The van der Waals surface area contributed by atoms with Gasteiger partial charge in [0, 0.05) is 18.6 Å². The Balaban J connectivity index is 2.31. The van der Waals surface area contributed by atoms with Gasteiger partial charge in [-0.05, 0) is 31.6 Å². The lowest BCUT2D eigenvalue weighted by atomic mass is 9.75. The summed E-state index contributed by atoms with van der Waals surface area (Å²) in [5.41, 5.74) is 5.57. The van der Waals surface area contributed by atoms with Gasteiger partial charge in [-0.15, -0.1) is 0 Å². The van der Waals surface area contributed by atoms with Crippen molar-refractivity contribution in [3.05, 3.63) is 12.5 Å². The smallest absolute Gasteiger partial charge is 0.260 e. The van der Waals surface area contributed by atoms with Crippen LogP contribution >= 0.6 is 0 Å². The molecule has 0 spiro atoms. The van der Waals surface area contributed by atoms with Crippen molar-refractivity contribution in [2.75, 3.05) is 13.1 Å². The zero-order valence-corrected chi connectivity index (χ0v) is 13.7. The van der Waals surface area contributed by atoms with Gasteiger partial charge >= 0.3 is 0 Å². The summed E-state index contributed by atoms with van der Waals surface area (Å²) >= 11 is 0. The van der Waals surface area contributed by atoms with E-state index < -0.39 is 15.6 Å². The van der Waals surface area contributed by atoms with Gasteiger partial charge in [0.1, 0.15) is 0 Å². The average Bonchev–Trinajstić information content (AvgIpc) is 3.03. The number of aromatic nitrogens is 2. The van der Waals surface area contributed by atoms with Crippen molar-refractivity contribution in [3.63, 3.8) is 0 Å². The number of nitrogens with one attached hydrogen (secondary N) is 1. The van der Waals surface area contributed by atoms with Gasteiger partial charge < -0.3 is 10.7 Å². The third-order valence-corrected chi connectivity index (χ3v) is 6.86. The predicted octanol–water partition coefficient (Wildman–Crippen LogP) is 1.72. The lowest BCUT2D eigenvalue weighted by Crippen LogP contribution is -2.57. The lowest BCUT2D eigenvalue weighted by molar-refractivity contribution is 0.114. The first-order chi connectivity index (χ1) is 10.00. The van der Waals surface area contributed by atoms with E-state index in [0.717, 1.165) is 32.1 Å². The van der Waals surface area contributed by atoms with Gasteiger partial charge in [0.15, 0.2) is 5.03 Å². The number of likely N-dealkylation sites (N-methyl/N-ethyl adjacent to an activating group) is 1. The highest BCUT2D eigenvalue weighted by Gasteiger charge is 2.44. The van der Waals surface area contributed by atoms with E-state index in [1.54, 1.807) is 4.31 Å². The molecule has 120 valence electrons. The maximum absolute atomic E-state index is 12.8. The predicted molar refractivity (Wildman–Crippen MR) is 82.2 cm³/mol. The zero-order valence-electron chi connectivity index (χ0n) is 12.9. The number of hydrogen-bond acceptors (Lipinski definition) is 4. The minimum absolute atomic E-state index is 0.148. The van der Waals surface area contributed by atoms with Gasteiger partial charge in [-0.3, -0.25) is 0 Å². The number of imidazole rings is 1. The van der Waals surface area contributed by atoms with Crippen molar-refractivity contribution in [2.45, 2.75) is 56.5 Å². The van der Waals surface area contributed by atoms with E-state index in [9.17, 15) is 8.42 Å². The molecule has 1 aliphatic rings. The minimum Gasteiger partial charge on any atom is -0.335 e. The van der Waals surface area contributed by atoms with Gasteiger partial charge in [0.25, 0.3) is 10.0 Å². The van der Waals surface area contributed by atoms with Crippen molar-refractivity contribution < 1.29 is 8.42 Å². The molecule has 1 aromatic heterocycles. The second-order valence-corrected chi connectivity index (χ2v) is 7.70. The molecule has 1 aliphatic carbocycles. The highest BCUT2D eigenvalue weighted by molar-refractivity contribution is 7.89. The summed E-state index contributed by atoms with van der Waals surface area (Å²) in [5.74, 6) is 0.693. The fourth-order valence-electron chi connectivity index (χ4n) is 3.44. The number of H-pyrrole nitrogens is 1. The second-order valence-electron chi connectivity index (χ2n) is 5.87. The standard InChI is InChI=1S/C14H26N4O2S/c1-3-12-5-7-14(10-15,8-6-12)18(4-2)21(19,20)13-9-16-11-17-13/h9,11-12H,3-8,10,15H2,1-2H3,(H,16,17). The fraction of sp³-hybridized carbons (Fsp3) is 0.786. The van der Waals surface area contributed by atoms with Crippen molar-refractivity contribution in [1.82, 2.24) is 14.3 Å². The summed E-state index contributed by atoms with van der Waals surface area (Å²) in [6.45, 7) is 4.86. The number of rotatable bonds is 6. The van der Waals surface area contributed by atoms with E-state index in [-0.39, 0.29) is 5.03 Å². The van der Waals surface area contributed by atoms with E-state index in [2.05, 4.69) is 16.9 Å². The third-order valence-electron chi connectivity index (χ3n) is 4.85. The van der Waals surface area contributed by atoms with Gasteiger partial charge in [-0.1, -0.05) is 20.3 Å². The third kappa shape index (κ3) is 3.00. The number of nitrogens with two attached hydrogens (primary N) is 1. The van der Waals surface area contributed by atoms with E-state index in [1.807, 2.05) is 6.92 Å². The number of aromatic amines is 1. The Kier molecular flexibility index (Phi) is 5.06. The molecule has 6 nitrogen and oxygen atoms in total. The molecular formula is C14H26N4O2S. The molecule has 0 aliphatic heterocycles. The summed E-state index contributed by atoms with van der Waals surface area (Å²) in [4.78, 5) is 6.54. The molecule has 0 saturated heterocycles. The molecule has 0 aromatic carbocycles. The summed E-state index contributed by atoms with van der Waals surface area (Å²) in [5, 5.41) is 0.148. The van der Waals surface area contributed by atoms with Gasteiger partial charge in [0.2, 0.25) is 0 Å². The Morgan fingerprint density at radius 2 is 2.10 bits per heavy atom. The van der Waals surface area contributed by atoms with Gasteiger partial charge in [-0.25, -0.2) is 13.4 Å². The largest absolute Gasteiger partial charge is 0.335 e. The van der Waals surface area contributed by atoms with Gasteiger partial charge in [0.05, 0.1) is 12.5 Å². The molecule has 2 rings (SSSR count). The topological polar surface area (TPSA) is 92.1 Å². The molecule has 1 fully saturated rings. The first-order valence-electron chi connectivity index (χ1n) is 7.71. The summed E-state index contributed by atoms with van der Waals surface area (Å²) < 4.78 is 27.3. The Morgan fingerprint density at radius 3 is 2.52 bits per heavy atom. The van der Waals surface area contributed by atoms with Crippen LogP contribution in [0.3, 0.4) is 0 Å². The maximum Gasteiger partial charge on any atom is 0.260 e. The normalized spacial score (nSPS) is 27.1. The Labute approximate surface area is 127 Å². The van der Waals surface area contributed by atoms with E-state index in [1.165, 1.54) is 12.5 Å². The van der Waals surface area contributed by atoms with Crippen LogP contribution in [0.5, 0.6) is 0 Å². The van der Waals surface area contributed by atoms with E-state index >= 15 is 0 Å². The van der Waals surface area contributed by atoms with Crippen LogP contribution in [0, 0.1) is 5.92 Å². The van der Waals surface area contributed by atoms with Crippen LogP contribution in [0.2, 0.25) is 0 Å². The zero-order chi connectivity index (χ0) is 15.5. The molecule has 0 amide bonds. The van der Waals surface area contributed by atoms with Crippen molar-refractivity contribution >= 4 is 10.0 Å². The average molecular weight is 314 g/mol. The van der Waals surface area contributed by atoms with E-state index in [4.69, 9.17) is 5.73 Å². The lowest BCUT2D eigenvalue weighted by Gasteiger charge is -2.46. The maximum atomic E-state index is 12.8. The molecule has 0 radical (unpaired) electrons. The molecule has 7 heteroatoms. The Bertz CT molecular complexity index is 533. The molecule has 0 unspecified atom stereocenters. The van der Waals surface area contributed by atoms with Crippen LogP contribution in [-0.2, 0) is 10.0 Å². The fourth-order valence-corrected chi connectivity index (χ4v) is 5.18. The molecule has 1 aromatic rings. The first kappa shape index (κ1) is 16.5. The molecule has 21 heavy (non-hydrogen) atoms. The quantitative estimate of drug-likeness (QED) is 0.836. The highest BCUT2D eigenvalue weighted by Crippen LogP contribution is 2.39. The van der Waals surface area contributed by atoms with Crippen LogP contribution in [-0.4, -0.2) is 41.3 Å². The second kappa shape index (κ2) is 6.46.